The van der Waals surface area contributed by atoms with Crippen molar-refractivity contribution in [2.75, 3.05) is 19.9 Å². The predicted octanol–water partition coefficient (Wildman–Crippen LogP) is 5.09. The number of aryl methyl sites for hydroxylation is 1. The SMILES string of the molecule is Cc1ccc2c(c1)CN(C(C)(C)C(C)COC(C)(N)C(C)(C)COC(C)(C)C)CO2. The molecule has 1 heterocycles. The molecule has 0 spiro atoms. The maximum Gasteiger partial charge on any atom is 0.142 e. The van der Waals surface area contributed by atoms with E-state index in [1.807, 2.05) is 6.92 Å². The van der Waals surface area contributed by atoms with E-state index in [0.29, 0.717) is 19.9 Å². The zero-order valence-corrected chi connectivity index (χ0v) is 20.9. The summed E-state index contributed by atoms with van der Waals surface area (Å²) in [6.07, 6.45) is 0. The predicted molar refractivity (Wildman–Crippen MR) is 123 cm³/mol. The summed E-state index contributed by atoms with van der Waals surface area (Å²) in [5.41, 5.74) is 7.70. The van der Waals surface area contributed by atoms with Crippen LogP contribution in [0.2, 0.25) is 0 Å². The average Bonchev–Trinajstić information content (AvgIpc) is 2.63. The van der Waals surface area contributed by atoms with Gasteiger partial charge in [-0.15, -0.1) is 0 Å². The van der Waals surface area contributed by atoms with Gasteiger partial charge in [0.15, 0.2) is 0 Å². The number of hydrogen-bond acceptors (Lipinski definition) is 5. The normalized spacial score (nSPS) is 19.0. The van der Waals surface area contributed by atoms with Gasteiger partial charge in [0.2, 0.25) is 0 Å². The summed E-state index contributed by atoms with van der Waals surface area (Å²) in [6, 6.07) is 6.39. The van der Waals surface area contributed by atoms with Crippen LogP contribution >= 0.6 is 0 Å². The van der Waals surface area contributed by atoms with E-state index in [1.54, 1.807) is 0 Å². The van der Waals surface area contributed by atoms with Crippen LogP contribution in [-0.2, 0) is 16.0 Å². The van der Waals surface area contributed by atoms with Crippen LogP contribution in [0.4, 0.5) is 0 Å². The molecule has 0 aromatic heterocycles. The molecule has 0 fully saturated rings. The topological polar surface area (TPSA) is 57.0 Å². The molecule has 0 radical (unpaired) electrons. The van der Waals surface area contributed by atoms with Crippen LogP contribution in [0.5, 0.6) is 5.75 Å². The minimum absolute atomic E-state index is 0.108. The van der Waals surface area contributed by atoms with Gasteiger partial charge in [0, 0.05) is 23.1 Å². The molecule has 2 N–H and O–H groups in total. The summed E-state index contributed by atoms with van der Waals surface area (Å²) in [7, 11) is 0. The van der Waals surface area contributed by atoms with Gasteiger partial charge in [-0.3, -0.25) is 4.90 Å². The molecule has 0 bridgehead atoms. The number of benzene rings is 1. The second-order valence-corrected chi connectivity index (χ2v) is 11.3. The zero-order chi connectivity index (χ0) is 23.0. The molecule has 2 unspecified atom stereocenters. The Hall–Kier alpha value is -1.14. The van der Waals surface area contributed by atoms with Crippen LogP contribution in [-0.4, -0.2) is 41.7 Å². The molecule has 1 aliphatic rings. The smallest absolute Gasteiger partial charge is 0.142 e. The number of nitrogens with two attached hydrogens (primary N) is 1. The van der Waals surface area contributed by atoms with E-state index in [1.165, 1.54) is 11.1 Å². The van der Waals surface area contributed by atoms with Crippen molar-refractivity contribution in [3.8, 4) is 5.75 Å². The Balaban J connectivity index is 2.01. The molecule has 1 aliphatic heterocycles. The summed E-state index contributed by atoms with van der Waals surface area (Å²) in [5, 5.41) is 0. The van der Waals surface area contributed by atoms with Crippen molar-refractivity contribution in [2.24, 2.45) is 17.1 Å². The van der Waals surface area contributed by atoms with Crippen molar-refractivity contribution in [3.05, 3.63) is 29.3 Å². The lowest BCUT2D eigenvalue weighted by Gasteiger charge is -2.47. The fourth-order valence-electron chi connectivity index (χ4n) is 3.29. The highest BCUT2D eigenvalue weighted by atomic mass is 16.5. The number of ether oxygens (including phenoxy) is 3. The summed E-state index contributed by atoms with van der Waals surface area (Å²) in [4.78, 5) is 2.38. The van der Waals surface area contributed by atoms with Crippen molar-refractivity contribution in [2.45, 2.75) is 92.6 Å². The van der Waals surface area contributed by atoms with Crippen molar-refractivity contribution in [1.29, 1.82) is 0 Å². The summed E-state index contributed by atoms with van der Waals surface area (Å²) in [6.45, 7) is 23.8. The second kappa shape index (κ2) is 8.78. The van der Waals surface area contributed by atoms with Crippen molar-refractivity contribution >= 4 is 0 Å². The molecule has 0 saturated carbocycles. The Kier molecular flexibility index (Phi) is 7.35. The number of nitrogens with zero attached hydrogens (tertiary/aromatic N) is 1. The monoisotopic (exact) mass is 420 g/mol. The highest BCUT2D eigenvalue weighted by Gasteiger charge is 2.42. The number of rotatable bonds is 8. The highest BCUT2D eigenvalue weighted by Crippen LogP contribution is 2.36. The van der Waals surface area contributed by atoms with Gasteiger partial charge in [-0.05, 0) is 60.5 Å². The first-order chi connectivity index (χ1) is 13.6. The highest BCUT2D eigenvalue weighted by molar-refractivity contribution is 5.38. The first-order valence-electron chi connectivity index (χ1n) is 11.1. The van der Waals surface area contributed by atoms with E-state index in [9.17, 15) is 0 Å². The van der Waals surface area contributed by atoms with Gasteiger partial charge >= 0.3 is 0 Å². The third-order valence-electron chi connectivity index (χ3n) is 6.82. The second-order valence-electron chi connectivity index (χ2n) is 11.3. The third-order valence-corrected chi connectivity index (χ3v) is 6.82. The molecule has 0 aliphatic carbocycles. The van der Waals surface area contributed by atoms with Crippen LogP contribution in [0.3, 0.4) is 0 Å². The molecule has 172 valence electrons. The molecule has 0 amide bonds. The quantitative estimate of drug-likeness (QED) is 0.593. The van der Waals surface area contributed by atoms with E-state index in [-0.39, 0.29) is 22.5 Å². The Morgan fingerprint density at radius 1 is 1.07 bits per heavy atom. The first kappa shape index (κ1) is 25.1. The van der Waals surface area contributed by atoms with Crippen molar-refractivity contribution < 1.29 is 14.2 Å². The molecule has 1 aromatic carbocycles. The Labute approximate surface area is 184 Å². The minimum atomic E-state index is -0.801. The largest absolute Gasteiger partial charge is 0.478 e. The summed E-state index contributed by atoms with van der Waals surface area (Å²) >= 11 is 0. The Bertz CT molecular complexity index is 720. The van der Waals surface area contributed by atoms with Crippen LogP contribution in [0, 0.1) is 18.3 Å². The molecule has 0 saturated heterocycles. The van der Waals surface area contributed by atoms with Gasteiger partial charge in [0.05, 0.1) is 18.8 Å². The van der Waals surface area contributed by atoms with Crippen LogP contribution in [0.1, 0.15) is 73.4 Å². The van der Waals surface area contributed by atoms with E-state index >= 15 is 0 Å². The Morgan fingerprint density at radius 3 is 2.30 bits per heavy atom. The summed E-state index contributed by atoms with van der Waals surface area (Å²) in [5.74, 6) is 1.25. The van der Waals surface area contributed by atoms with E-state index in [2.05, 4.69) is 85.4 Å². The fraction of sp³-hybridized carbons (Fsp3) is 0.760. The van der Waals surface area contributed by atoms with E-state index in [0.717, 1.165) is 12.3 Å². The number of hydrogen-bond donors (Lipinski definition) is 1. The molecule has 1 aromatic rings. The van der Waals surface area contributed by atoms with E-state index in [4.69, 9.17) is 19.9 Å². The van der Waals surface area contributed by atoms with Crippen LogP contribution < -0.4 is 10.5 Å². The van der Waals surface area contributed by atoms with Gasteiger partial charge in [-0.25, -0.2) is 0 Å². The lowest BCUT2D eigenvalue weighted by Crippen LogP contribution is -2.57. The Morgan fingerprint density at radius 2 is 1.70 bits per heavy atom. The van der Waals surface area contributed by atoms with Gasteiger partial charge in [-0.1, -0.05) is 38.5 Å². The minimum Gasteiger partial charge on any atom is -0.478 e. The maximum atomic E-state index is 6.63. The first-order valence-corrected chi connectivity index (χ1v) is 11.1. The molecular weight excluding hydrogens is 376 g/mol. The lowest BCUT2D eigenvalue weighted by atomic mass is 9.82. The summed E-state index contributed by atoms with van der Waals surface area (Å²) < 4.78 is 18.4. The third kappa shape index (κ3) is 5.97. The van der Waals surface area contributed by atoms with Gasteiger partial charge in [0.1, 0.15) is 18.2 Å². The van der Waals surface area contributed by atoms with Crippen LogP contribution in [0.15, 0.2) is 18.2 Å². The molecule has 5 nitrogen and oxygen atoms in total. The average molecular weight is 421 g/mol. The van der Waals surface area contributed by atoms with Crippen molar-refractivity contribution in [3.63, 3.8) is 0 Å². The van der Waals surface area contributed by atoms with E-state index < -0.39 is 5.72 Å². The maximum absolute atomic E-state index is 6.63. The lowest BCUT2D eigenvalue weighted by molar-refractivity contribution is -0.165. The molecule has 2 rings (SSSR count). The van der Waals surface area contributed by atoms with Gasteiger partial charge < -0.3 is 19.9 Å². The standard InChI is InChI=1S/C25H44N2O3/c1-18-11-12-21-20(13-18)14-27(17-28-21)24(8,9)19(2)15-29-25(10,26)23(6,7)16-30-22(3,4)5/h11-13,19H,14-17,26H2,1-10H3. The molecule has 30 heavy (non-hydrogen) atoms. The number of fused-ring (bicyclic) bond motifs is 1. The molecular formula is C25H44N2O3. The van der Waals surface area contributed by atoms with Crippen molar-refractivity contribution in [1.82, 2.24) is 4.90 Å². The van der Waals surface area contributed by atoms with Gasteiger partial charge in [-0.2, -0.15) is 0 Å². The molecule has 5 heteroatoms. The molecule has 2 atom stereocenters. The van der Waals surface area contributed by atoms with Crippen LogP contribution in [0.25, 0.3) is 0 Å². The fourth-order valence-corrected chi connectivity index (χ4v) is 3.29. The zero-order valence-electron chi connectivity index (χ0n) is 20.9. The van der Waals surface area contributed by atoms with Gasteiger partial charge in [0.25, 0.3) is 0 Å².